The average Bonchev–Trinajstić information content (AvgIpc) is 3.30. The third-order valence-corrected chi connectivity index (χ3v) is 4.73. The standard InChI is InChI=1S/C23H25ClN4O5/c1-4-31-18-11-15(12-19(32-5-2)21(18)33-6-3)22(29)27-28-23(30)17-13-25-26-20(17)14-7-9-16(24)10-8-14/h7-13H,4-6H2,1-3H3,(H,25,26)(H,27,29)(H,28,30). The van der Waals surface area contributed by atoms with Crippen LogP contribution in [0.15, 0.2) is 42.6 Å². The van der Waals surface area contributed by atoms with Gasteiger partial charge in [-0.3, -0.25) is 25.5 Å². The molecule has 9 nitrogen and oxygen atoms in total. The minimum Gasteiger partial charge on any atom is -0.490 e. The molecular formula is C23H25ClN4O5. The molecule has 0 aliphatic heterocycles. The molecule has 1 heterocycles. The average molecular weight is 473 g/mol. The number of H-pyrrole nitrogens is 1. The second-order valence-corrected chi connectivity index (χ2v) is 7.11. The summed E-state index contributed by atoms with van der Waals surface area (Å²) in [5.41, 5.74) is 6.53. The highest BCUT2D eigenvalue weighted by atomic mass is 35.5. The topological polar surface area (TPSA) is 115 Å². The maximum absolute atomic E-state index is 12.8. The van der Waals surface area contributed by atoms with Gasteiger partial charge in [0.2, 0.25) is 5.75 Å². The number of nitrogens with zero attached hydrogens (tertiary/aromatic N) is 1. The lowest BCUT2D eigenvalue weighted by Crippen LogP contribution is -2.41. The fourth-order valence-corrected chi connectivity index (χ4v) is 3.19. The Morgan fingerprint density at radius 2 is 1.48 bits per heavy atom. The molecule has 2 amide bonds. The van der Waals surface area contributed by atoms with Crippen molar-refractivity contribution in [3.8, 4) is 28.5 Å². The van der Waals surface area contributed by atoms with E-state index in [-0.39, 0.29) is 11.1 Å². The molecule has 174 valence electrons. The zero-order valence-corrected chi connectivity index (χ0v) is 19.3. The molecule has 3 N–H and O–H groups in total. The van der Waals surface area contributed by atoms with E-state index in [1.54, 1.807) is 24.3 Å². The van der Waals surface area contributed by atoms with Crippen LogP contribution in [0.3, 0.4) is 0 Å². The summed E-state index contributed by atoms with van der Waals surface area (Å²) in [6.45, 7) is 6.65. The molecule has 10 heteroatoms. The van der Waals surface area contributed by atoms with Crippen LogP contribution in [0.1, 0.15) is 41.5 Å². The van der Waals surface area contributed by atoms with Crippen LogP contribution in [-0.2, 0) is 0 Å². The molecule has 1 aromatic heterocycles. The highest BCUT2D eigenvalue weighted by Gasteiger charge is 2.20. The van der Waals surface area contributed by atoms with E-state index >= 15 is 0 Å². The summed E-state index contributed by atoms with van der Waals surface area (Å²) in [6.07, 6.45) is 1.38. The first-order valence-corrected chi connectivity index (χ1v) is 10.8. The van der Waals surface area contributed by atoms with Crippen molar-refractivity contribution in [1.29, 1.82) is 0 Å². The van der Waals surface area contributed by atoms with Gasteiger partial charge in [-0.25, -0.2) is 0 Å². The molecule has 0 saturated heterocycles. The normalized spacial score (nSPS) is 10.4. The molecule has 3 aromatic rings. The second-order valence-electron chi connectivity index (χ2n) is 6.67. The number of benzene rings is 2. The van der Waals surface area contributed by atoms with Crippen molar-refractivity contribution in [2.45, 2.75) is 20.8 Å². The van der Waals surface area contributed by atoms with E-state index < -0.39 is 11.8 Å². The molecule has 33 heavy (non-hydrogen) atoms. The summed E-state index contributed by atoms with van der Waals surface area (Å²) in [4.78, 5) is 25.5. The molecule has 0 unspecified atom stereocenters. The van der Waals surface area contributed by atoms with Gasteiger partial charge in [-0.2, -0.15) is 5.10 Å². The number of hydrazine groups is 1. The SMILES string of the molecule is CCOc1cc(C(=O)NNC(=O)c2cn[nH]c2-c2ccc(Cl)cc2)cc(OCC)c1OCC. The van der Waals surface area contributed by atoms with Gasteiger partial charge in [-0.15, -0.1) is 0 Å². The number of carbonyl (C=O) groups excluding carboxylic acids is 2. The highest BCUT2D eigenvalue weighted by molar-refractivity contribution is 6.30. The first-order chi connectivity index (χ1) is 16.0. The maximum atomic E-state index is 12.8. The van der Waals surface area contributed by atoms with Crippen LogP contribution in [0.5, 0.6) is 17.2 Å². The van der Waals surface area contributed by atoms with Crippen molar-refractivity contribution in [1.82, 2.24) is 21.0 Å². The molecule has 0 fully saturated rings. The summed E-state index contributed by atoms with van der Waals surface area (Å²) < 4.78 is 16.9. The van der Waals surface area contributed by atoms with Crippen molar-refractivity contribution in [2.75, 3.05) is 19.8 Å². The molecule has 3 rings (SSSR count). The number of rotatable bonds is 9. The first kappa shape index (κ1) is 23.9. The predicted octanol–water partition coefficient (Wildman–Crippen LogP) is 4.00. The fraction of sp³-hybridized carbons (Fsp3) is 0.261. The van der Waals surface area contributed by atoms with Gasteiger partial charge in [-0.1, -0.05) is 23.7 Å². The van der Waals surface area contributed by atoms with E-state index in [0.717, 1.165) is 5.56 Å². The van der Waals surface area contributed by atoms with Crippen molar-refractivity contribution >= 4 is 23.4 Å². The molecule has 0 spiro atoms. The Bertz CT molecular complexity index is 1090. The van der Waals surface area contributed by atoms with Gasteiger partial charge in [0.15, 0.2) is 11.5 Å². The number of hydrogen-bond acceptors (Lipinski definition) is 6. The van der Waals surface area contributed by atoms with E-state index in [9.17, 15) is 9.59 Å². The summed E-state index contributed by atoms with van der Waals surface area (Å²) >= 11 is 5.93. The Kier molecular flexibility index (Phi) is 8.15. The molecule has 0 aliphatic carbocycles. The van der Waals surface area contributed by atoms with Crippen LogP contribution in [-0.4, -0.2) is 41.8 Å². The Hall–Kier alpha value is -3.72. The highest BCUT2D eigenvalue weighted by Crippen LogP contribution is 2.39. The van der Waals surface area contributed by atoms with Crippen molar-refractivity contribution in [3.63, 3.8) is 0 Å². The van der Waals surface area contributed by atoms with E-state index in [1.165, 1.54) is 18.3 Å². The minimum atomic E-state index is -0.551. The quantitative estimate of drug-likeness (QED) is 0.405. The summed E-state index contributed by atoms with van der Waals surface area (Å²) in [7, 11) is 0. The van der Waals surface area contributed by atoms with Gasteiger partial charge in [0.1, 0.15) is 0 Å². The van der Waals surface area contributed by atoms with Crippen molar-refractivity contribution in [2.24, 2.45) is 0 Å². The van der Waals surface area contributed by atoms with Crippen LogP contribution in [0.4, 0.5) is 0 Å². The monoisotopic (exact) mass is 472 g/mol. The summed E-state index contributed by atoms with van der Waals surface area (Å²) in [5, 5.41) is 7.30. The fourth-order valence-electron chi connectivity index (χ4n) is 3.07. The van der Waals surface area contributed by atoms with Gasteiger partial charge < -0.3 is 14.2 Å². The number of aromatic amines is 1. The zero-order chi connectivity index (χ0) is 23.8. The van der Waals surface area contributed by atoms with E-state index in [1.807, 2.05) is 20.8 Å². The Balaban J connectivity index is 1.77. The van der Waals surface area contributed by atoms with Gasteiger partial charge >= 0.3 is 0 Å². The van der Waals surface area contributed by atoms with Gasteiger partial charge in [0.25, 0.3) is 11.8 Å². The number of nitrogens with one attached hydrogen (secondary N) is 3. The van der Waals surface area contributed by atoms with E-state index in [0.29, 0.717) is 47.8 Å². The van der Waals surface area contributed by atoms with Gasteiger partial charge in [0, 0.05) is 16.1 Å². The third-order valence-electron chi connectivity index (χ3n) is 4.48. The van der Waals surface area contributed by atoms with E-state index in [2.05, 4.69) is 21.0 Å². The number of aromatic nitrogens is 2. The molecule has 0 bridgehead atoms. The number of halogens is 1. The summed E-state index contributed by atoms with van der Waals surface area (Å²) in [5.74, 6) is 0.0870. The van der Waals surface area contributed by atoms with Crippen LogP contribution < -0.4 is 25.1 Å². The Morgan fingerprint density at radius 1 is 0.909 bits per heavy atom. The van der Waals surface area contributed by atoms with Gasteiger partial charge in [-0.05, 0) is 45.0 Å². The van der Waals surface area contributed by atoms with Crippen LogP contribution in [0.2, 0.25) is 5.02 Å². The largest absolute Gasteiger partial charge is 0.490 e. The number of amides is 2. The van der Waals surface area contributed by atoms with E-state index in [4.69, 9.17) is 25.8 Å². The van der Waals surface area contributed by atoms with Crippen LogP contribution in [0.25, 0.3) is 11.3 Å². The maximum Gasteiger partial charge on any atom is 0.273 e. The number of carbonyl (C=O) groups is 2. The van der Waals surface area contributed by atoms with Gasteiger partial charge in [0.05, 0.1) is 37.3 Å². The lowest BCUT2D eigenvalue weighted by molar-refractivity contribution is 0.0846. The molecular weight excluding hydrogens is 448 g/mol. The van der Waals surface area contributed by atoms with Crippen molar-refractivity contribution < 1.29 is 23.8 Å². The molecule has 0 saturated carbocycles. The Labute approximate surface area is 196 Å². The molecule has 0 atom stereocenters. The van der Waals surface area contributed by atoms with Crippen LogP contribution in [0, 0.1) is 0 Å². The molecule has 2 aromatic carbocycles. The lowest BCUT2D eigenvalue weighted by Gasteiger charge is -2.17. The number of ether oxygens (including phenoxy) is 3. The minimum absolute atomic E-state index is 0.232. The van der Waals surface area contributed by atoms with Crippen molar-refractivity contribution in [3.05, 3.63) is 58.7 Å². The first-order valence-electron chi connectivity index (χ1n) is 10.4. The second kappa shape index (κ2) is 11.2. The molecule has 0 aliphatic rings. The lowest BCUT2D eigenvalue weighted by atomic mass is 10.1. The summed E-state index contributed by atoms with van der Waals surface area (Å²) in [6, 6.07) is 10.0. The smallest absolute Gasteiger partial charge is 0.273 e. The predicted molar refractivity (Wildman–Crippen MR) is 124 cm³/mol. The third kappa shape index (κ3) is 5.75. The zero-order valence-electron chi connectivity index (χ0n) is 18.5. The molecule has 0 radical (unpaired) electrons. The number of hydrogen-bond donors (Lipinski definition) is 3. The Morgan fingerprint density at radius 3 is 2.06 bits per heavy atom. The van der Waals surface area contributed by atoms with Crippen LogP contribution >= 0.6 is 11.6 Å².